The van der Waals surface area contributed by atoms with Gasteiger partial charge in [-0.15, -0.1) is 0 Å². The zero-order valence-electron chi connectivity index (χ0n) is 19.1. The summed E-state index contributed by atoms with van der Waals surface area (Å²) in [6.45, 7) is 3.75. The van der Waals surface area contributed by atoms with E-state index in [9.17, 15) is 14.7 Å². The average Bonchev–Trinajstić information content (AvgIpc) is 3.12. The minimum absolute atomic E-state index is 0.0570. The summed E-state index contributed by atoms with van der Waals surface area (Å²) >= 11 is 3.38. The molecule has 2 heterocycles. The molecular formula is C25H27BrN2O6. The Morgan fingerprint density at radius 1 is 1.03 bits per heavy atom. The van der Waals surface area contributed by atoms with E-state index in [-0.39, 0.29) is 11.3 Å². The van der Waals surface area contributed by atoms with Crippen molar-refractivity contribution in [2.24, 2.45) is 0 Å². The average molecular weight is 531 g/mol. The highest BCUT2D eigenvalue weighted by atomic mass is 79.9. The van der Waals surface area contributed by atoms with Crippen molar-refractivity contribution in [1.29, 1.82) is 0 Å². The number of aliphatic hydroxyl groups excluding tert-OH is 1. The second-order valence-electron chi connectivity index (χ2n) is 8.07. The summed E-state index contributed by atoms with van der Waals surface area (Å²) in [6.07, 6.45) is 0. The Balaban J connectivity index is 1.77. The van der Waals surface area contributed by atoms with E-state index >= 15 is 0 Å². The Morgan fingerprint density at radius 3 is 2.35 bits per heavy atom. The number of morpholine rings is 1. The second kappa shape index (κ2) is 10.6. The molecule has 180 valence electrons. The monoisotopic (exact) mass is 530 g/mol. The van der Waals surface area contributed by atoms with Crippen LogP contribution < -0.4 is 9.47 Å². The number of nitrogens with zero attached hydrogens (tertiary/aromatic N) is 2. The number of Topliss-reactive ketones (excluding diaryl/α,β-unsaturated/α-hetero) is 1. The van der Waals surface area contributed by atoms with Gasteiger partial charge in [0.2, 0.25) is 0 Å². The smallest absolute Gasteiger partial charge is 0.295 e. The predicted molar refractivity (Wildman–Crippen MR) is 130 cm³/mol. The molecule has 0 spiro atoms. The second-order valence-corrected chi connectivity index (χ2v) is 8.98. The molecule has 1 amide bonds. The molecule has 9 heteroatoms. The Hall–Kier alpha value is -2.88. The highest BCUT2D eigenvalue weighted by Gasteiger charge is 2.46. The van der Waals surface area contributed by atoms with Gasteiger partial charge in [-0.3, -0.25) is 14.5 Å². The first-order chi connectivity index (χ1) is 16.4. The number of rotatable bonds is 7. The van der Waals surface area contributed by atoms with Crippen LogP contribution >= 0.6 is 15.9 Å². The summed E-state index contributed by atoms with van der Waals surface area (Å²) in [5, 5.41) is 11.2. The van der Waals surface area contributed by atoms with Gasteiger partial charge in [0.25, 0.3) is 11.7 Å². The van der Waals surface area contributed by atoms with Gasteiger partial charge in [0.05, 0.1) is 39.0 Å². The van der Waals surface area contributed by atoms with Crippen LogP contribution in [0.5, 0.6) is 11.5 Å². The molecule has 0 saturated carbocycles. The largest absolute Gasteiger partial charge is 0.507 e. The number of hydrogen-bond donors (Lipinski definition) is 1. The van der Waals surface area contributed by atoms with Crippen LogP contribution in [0.3, 0.4) is 0 Å². The zero-order chi connectivity index (χ0) is 24.2. The fourth-order valence-corrected chi connectivity index (χ4v) is 4.58. The van der Waals surface area contributed by atoms with Crippen molar-refractivity contribution in [1.82, 2.24) is 9.80 Å². The lowest BCUT2D eigenvalue weighted by molar-refractivity contribution is -0.140. The summed E-state index contributed by atoms with van der Waals surface area (Å²) < 4.78 is 17.0. The molecule has 2 aliphatic rings. The van der Waals surface area contributed by atoms with Crippen molar-refractivity contribution in [2.75, 3.05) is 53.6 Å². The van der Waals surface area contributed by atoms with Gasteiger partial charge >= 0.3 is 0 Å². The van der Waals surface area contributed by atoms with Gasteiger partial charge in [-0.2, -0.15) is 0 Å². The normalized spacial score (nSPS) is 20.6. The Labute approximate surface area is 206 Å². The molecule has 1 unspecified atom stereocenters. The van der Waals surface area contributed by atoms with Gasteiger partial charge in [0.1, 0.15) is 5.76 Å². The number of aliphatic hydroxyl groups is 1. The first kappa shape index (κ1) is 24.3. The SMILES string of the molecule is COc1ccc(C2/C(=C(/O)c3ccc(Br)cc3)C(=O)C(=O)N2CCN2CCOCC2)cc1OC. The molecule has 2 aliphatic heterocycles. The highest BCUT2D eigenvalue weighted by Crippen LogP contribution is 2.42. The molecule has 4 rings (SSSR count). The minimum atomic E-state index is -0.760. The number of ketones is 1. The van der Waals surface area contributed by atoms with Crippen LogP contribution in [0.4, 0.5) is 0 Å². The zero-order valence-corrected chi connectivity index (χ0v) is 20.7. The number of carbonyl (C=O) groups is 2. The van der Waals surface area contributed by atoms with Gasteiger partial charge < -0.3 is 24.2 Å². The van der Waals surface area contributed by atoms with E-state index in [0.717, 1.165) is 17.6 Å². The molecule has 2 saturated heterocycles. The molecule has 0 aliphatic carbocycles. The summed E-state index contributed by atoms with van der Waals surface area (Å²) in [5.74, 6) is -0.541. The van der Waals surface area contributed by atoms with Crippen molar-refractivity contribution >= 4 is 33.4 Å². The number of halogens is 1. The number of ether oxygens (including phenoxy) is 3. The molecule has 0 radical (unpaired) electrons. The minimum Gasteiger partial charge on any atom is -0.507 e. The van der Waals surface area contributed by atoms with Crippen LogP contribution in [0.25, 0.3) is 5.76 Å². The Bertz CT molecular complexity index is 1100. The third kappa shape index (κ3) is 4.82. The van der Waals surface area contributed by atoms with E-state index in [1.165, 1.54) is 12.0 Å². The fraction of sp³-hybridized carbons (Fsp3) is 0.360. The molecule has 2 fully saturated rings. The lowest BCUT2D eigenvalue weighted by atomic mass is 9.95. The number of amides is 1. The molecule has 8 nitrogen and oxygen atoms in total. The summed E-state index contributed by atoms with van der Waals surface area (Å²) in [7, 11) is 3.07. The Kier molecular flexibility index (Phi) is 7.55. The van der Waals surface area contributed by atoms with Gasteiger partial charge in [-0.1, -0.05) is 34.1 Å². The van der Waals surface area contributed by atoms with Crippen molar-refractivity contribution in [2.45, 2.75) is 6.04 Å². The van der Waals surface area contributed by atoms with Crippen LogP contribution in [-0.4, -0.2) is 80.2 Å². The van der Waals surface area contributed by atoms with E-state index in [2.05, 4.69) is 20.8 Å². The van der Waals surface area contributed by atoms with Crippen molar-refractivity contribution in [3.63, 3.8) is 0 Å². The first-order valence-electron chi connectivity index (χ1n) is 11.0. The topological polar surface area (TPSA) is 88.5 Å². The molecule has 1 N–H and O–H groups in total. The van der Waals surface area contributed by atoms with Crippen molar-refractivity contribution in [3.8, 4) is 11.5 Å². The predicted octanol–water partition coefficient (Wildman–Crippen LogP) is 3.22. The highest BCUT2D eigenvalue weighted by molar-refractivity contribution is 9.10. The van der Waals surface area contributed by atoms with Crippen LogP contribution in [0.15, 0.2) is 52.5 Å². The fourth-order valence-electron chi connectivity index (χ4n) is 4.32. The lowest BCUT2D eigenvalue weighted by Crippen LogP contribution is -2.42. The van der Waals surface area contributed by atoms with Crippen LogP contribution in [0.1, 0.15) is 17.2 Å². The molecule has 0 bridgehead atoms. The quantitative estimate of drug-likeness (QED) is 0.334. The van der Waals surface area contributed by atoms with Gasteiger partial charge in [-0.05, 0) is 29.8 Å². The van der Waals surface area contributed by atoms with Crippen molar-refractivity contribution < 1.29 is 28.9 Å². The maximum absolute atomic E-state index is 13.2. The lowest BCUT2D eigenvalue weighted by Gasteiger charge is -2.31. The summed E-state index contributed by atoms with van der Waals surface area (Å²) in [5.41, 5.74) is 1.17. The van der Waals surface area contributed by atoms with Crippen LogP contribution in [0, 0.1) is 0 Å². The molecule has 2 aromatic carbocycles. The molecule has 34 heavy (non-hydrogen) atoms. The van der Waals surface area contributed by atoms with E-state index in [1.807, 2.05) is 0 Å². The van der Waals surface area contributed by atoms with Crippen LogP contribution in [-0.2, 0) is 14.3 Å². The maximum atomic E-state index is 13.2. The van der Waals surface area contributed by atoms with E-state index in [4.69, 9.17) is 14.2 Å². The van der Waals surface area contributed by atoms with Gasteiger partial charge in [0, 0.05) is 36.2 Å². The molecule has 0 aromatic heterocycles. The Morgan fingerprint density at radius 2 is 1.71 bits per heavy atom. The van der Waals surface area contributed by atoms with Crippen LogP contribution in [0.2, 0.25) is 0 Å². The van der Waals surface area contributed by atoms with Gasteiger partial charge in [0.15, 0.2) is 11.5 Å². The standard InChI is InChI=1S/C25H27BrN2O6/c1-32-19-8-5-17(15-20(19)33-2)22-21(23(29)16-3-6-18(26)7-4-16)24(30)25(31)28(22)10-9-27-11-13-34-14-12-27/h3-8,15,22,29H,9-14H2,1-2H3/b23-21-. The molecular weight excluding hydrogens is 504 g/mol. The third-order valence-electron chi connectivity index (χ3n) is 6.14. The van der Waals surface area contributed by atoms with E-state index in [1.54, 1.807) is 49.6 Å². The maximum Gasteiger partial charge on any atom is 0.295 e. The van der Waals surface area contributed by atoms with Crippen molar-refractivity contribution in [3.05, 3.63) is 63.6 Å². The summed E-state index contributed by atoms with van der Waals surface area (Å²) in [6, 6.07) is 11.4. The molecule has 2 aromatic rings. The number of carbonyl (C=O) groups excluding carboxylic acids is 2. The van der Waals surface area contributed by atoms with E-state index < -0.39 is 17.7 Å². The van der Waals surface area contributed by atoms with E-state index in [0.29, 0.717) is 48.9 Å². The number of likely N-dealkylation sites (tertiary alicyclic amines) is 1. The summed E-state index contributed by atoms with van der Waals surface area (Å²) in [4.78, 5) is 30.1. The third-order valence-corrected chi connectivity index (χ3v) is 6.67. The number of benzene rings is 2. The van der Waals surface area contributed by atoms with Gasteiger partial charge in [-0.25, -0.2) is 0 Å². The number of methoxy groups -OCH3 is 2. The first-order valence-corrected chi connectivity index (χ1v) is 11.8. The molecule has 1 atom stereocenters. The number of hydrogen-bond acceptors (Lipinski definition) is 7.